The first kappa shape index (κ1) is 17.3. The van der Waals surface area contributed by atoms with Crippen LogP contribution in [0.4, 0.5) is 5.00 Å². The Kier molecular flexibility index (Phi) is 5.57. The lowest BCUT2D eigenvalue weighted by Crippen LogP contribution is -2.09. The molecular weight excluding hydrogens is 358 g/mol. The lowest BCUT2D eigenvalue weighted by molar-refractivity contribution is 0.0735. The van der Waals surface area contributed by atoms with Gasteiger partial charge in [-0.05, 0) is 42.2 Å². The van der Waals surface area contributed by atoms with Gasteiger partial charge in [0.1, 0.15) is 10.6 Å². The predicted octanol–water partition coefficient (Wildman–Crippen LogP) is 4.92. The molecule has 3 aromatic rings. The number of nitrogens with one attached hydrogen (secondary N) is 1. The molecule has 1 amide bonds. The van der Waals surface area contributed by atoms with Crippen LogP contribution in [0.15, 0.2) is 64.1 Å². The fourth-order valence-corrected chi connectivity index (χ4v) is 3.57. The number of thiophene rings is 1. The van der Waals surface area contributed by atoms with Gasteiger partial charge in [-0.15, -0.1) is 23.1 Å². The van der Waals surface area contributed by atoms with Gasteiger partial charge in [-0.1, -0.05) is 19.1 Å². The highest BCUT2D eigenvalue weighted by molar-refractivity contribution is 7.99. The van der Waals surface area contributed by atoms with Gasteiger partial charge in [0.25, 0.3) is 5.91 Å². The largest absolute Gasteiger partial charge is 0.459 e. The molecule has 0 atom stereocenters. The van der Waals surface area contributed by atoms with Crippen molar-refractivity contribution in [3.05, 3.63) is 65.4 Å². The minimum absolute atomic E-state index is 0.211. The highest BCUT2D eigenvalue weighted by Crippen LogP contribution is 2.30. The molecule has 2 aromatic heterocycles. The number of ether oxygens (including phenoxy) is 1. The Balaban J connectivity index is 1.68. The molecule has 0 spiro atoms. The van der Waals surface area contributed by atoms with Gasteiger partial charge in [-0.3, -0.25) is 4.79 Å². The number of para-hydroxylation sites is 1. The van der Waals surface area contributed by atoms with Crippen LogP contribution in [0.1, 0.15) is 27.2 Å². The molecule has 5 nitrogen and oxygen atoms in total. The SMILES string of the molecule is CCSc1ccccc1OC(=O)c1ccc(NC(=O)c2ccco2)s1. The van der Waals surface area contributed by atoms with E-state index in [1.807, 2.05) is 25.1 Å². The maximum Gasteiger partial charge on any atom is 0.353 e. The number of benzene rings is 1. The summed E-state index contributed by atoms with van der Waals surface area (Å²) in [5.74, 6) is 0.817. The number of furan rings is 1. The van der Waals surface area contributed by atoms with E-state index in [1.54, 1.807) is 42.1 Å². The highest BCUT2D eigenvalue weighted by Gasteiger charge is 2.16. The summed E-state index contributed by atoms with van der Waals surface area (Å²) in [5, 5.41) is 3.23. The van der Waals surface area contributed by atoms with Crippen molar-refractivity contribution in [1.29, 1.82) is 0 Å². The Hall–Kier alpha value is -2.51. The van der Waals surface area contributed by atoms with Gasteiger partial charge in [0, 0.05) is 0 Å². The Morgan fingerprint density at radius 3 is 2.76 bits per heavy atom. The van der Waals surface area contributed by atoms with Crippen LogP contribution in [-0.2, 0) is 0 Å². The van der Waals surface area contributed by atoms with Crippen LogP contribution in [0.25, 0.3) is 0 Å². The van der Waals surface area contributed by atoms with E-state index in [-0.39, 0.29) is 11.7 Å². The van der Waals surface area contributed by atoms with Crippen molar-refractivity contribution >= 4 is 40.0 Å². The molecule has 3 rings (SSSR count). The predicted molar refractivity (Wildman–Crippen MR) is 98.8 cm³/mol. The van der Waals surface area contributed by atoms with Gasteiger partial charge in [-0.2, -0.15) is 0 Å². The Bertz CT molecular complexity index is 871. The molecule has 0 aliphatic rings. The molecule has 0 aliphatic carbocycles. The van der Waals surface area contributed by atoms with Crippen LogP contribution < -0.4 is 10.1 Å². The summed E-state index contributed by atoms with van der Waals surface area (Å²) >= 11 is 2.76. The maximum absolute atomic E-state index is 12.3. The average molecular weight is 373 g/mol. The number of thioether (sulfide) groups is 1. The number of hydrogen-bond donors (Lipinski definition) is 1. The highest BCUT2D eigenvalue weighted by atomic mass is 32.2. The first-order chi connectivity index (χ1) is 12.2. The van der Waals surface area contributed by atoms with Crippen molar-refractivity contribution in [1.82, 2.24) is 0 Å². The Morgan fingerprint density at radius 1 is 1.16 bits per heavy atom. The number of carbonyl (C=O) groups excluding carboxylic acids is 2. The molecule has 25 heavy (non-hydrogen) atoms. The normalized spacial score (nSPS) is 10.4. The van der Waals surface area contributed by atoms with Crippen LogP contribution in [0.5, 0.6) is 5.75 Å². The zero-order valence-electron chi connectivity index (χ0n) is 13.4. The number of amides is 1. The lowest BCUT2D eigenvalue weighted by atomic mass is 10.3. The Labute approximate surface area is 153 Å². The van der Waals surface area contributed by atoms with Gasteiger partial charge < -0.3 is 14.5 Å². The monoisotopic (exact) mass is 373 g/mol. The van der Waals surface area contributed by atoms with Crippen LogP contribution in [0, 0.1) is 0 Å². The van der Waals surface area contributed by atoms with Gasteiger partial charge in [0.05, 0.1) is 16.2 Å². The Morgan fingerprint density at radius 2 is 2.00 bits per heavy atom. The minimum Gasteiger partial charge on any atom is -0.459 e. The van der Waals surface area contributed by atoms with Gasteiger partial charge in [0.15, 0.2) is 5.76 Å². The summed E-state index contributed by atoms with van der Waals surface area (Å²) < 4.78 is 10.5. The van der Waals surface area contributed by atoms with Crippen molar-refractivity contribution in [2.75, 3.05) is 11.1 Å². The number of anilines is 1. The summed E-state index contributed by atoms with van der Waals surface area (Å²) in [6.07, 6.45) is 1.43. The van der Waals surface area contributed by atoms with E-state index in [0.717, 1.165) is 22.0 Å². The molecule has 1 aromatic carbocycles. The van der Waals surface area contributed by atoms with Crippen LogP contribution in [-0.4, -0.2) is 17.6 Å². The zero-order valence-corrected chi connectivity index (χ0v) is 15.0. The van der Waals surface area contributed by atoms with Crippen molar-refractivity contribution in [3.8, 4) is 5.75 Å². The van der Waals surface area contributed by atoms with Crippen molar-refractivity contribution in [2.45, 2.75) is 11.8 Å². The van der Waals surface area contributed by atoms with Crippen molar-refractivity contribution < 1.29 is 18.7 Å². The van der Waals surface area contributed by atoms with E-state index in [0.29, 0.717) is 15.6 Å². The summed E-state index contributed by atoms with van der Waals surface area (Å²) in [7, 11) is 0. The second kappa shape index (κ2) is 8.04. The van der Waals surface area contributed by atoms with Crippen LogP contribution in [0.2, 0.25) is 0 Å². The molecule has 2 heterocycles. The minimum atomic E-state index is -0.451. The lowest BCUT2D eigenvalue weighted by Gasteiger charge is -2.07. The molecule has 0 unspecified atom stereocenters. The smallest absolute Gasteiger partial charge is 0.353 e. The number of carbonyl (C=O) groups is 2. The van der Waals surface area contributed by atoms with E-state index in [9.17, 15) is 9.59 Å². The molecule has 0 radical (unpaired) electrons. The summed E-state index contributed by atoms with van der Waals surface area (Å²) in [5.41, 5.74) is 0. The third kappa shape index (κ3) is 4.32. The third-order valence-electron chi connectivity index (χ3n) is 3.14. The van der Waals surface area contributed by atoms with E-state index in [4.69, 9.17) is 9.15 Å². The fourth-order valence-electron chi connectivity index (χ4n) is 2.06. The first-order valence-electron chi connectivity index (χ1n) is 7.56. The fraction of sp³-hybridized carbons (Fsp3) is 0.111. The molecule has 0 fully saturated rings. The molecule has 0 saturated carbocycles. The van der Waals surface area contributed by atoms with Gasteiger partial charge >= 0.3 is 5.97 Å². The van der Waals surface area contributed by atoms with E-state index < -0.39 is 5.97 Å². The standard InChI is InChI=1S/C18H15NO4S2/c1-2-24-14-8-4-3-6-12(14)23-18(21)15-9-10-16(25-15)19-17(20)13-7-5-11-22-13/h3-11H,2H2,1H3,(H,19,20). The number of esters is 1. The number of rotatable bonds is 6. The maximum atomic E-state index is 12.3. The quantitative estimate of drug-likeness (QED) is 0.377. The average Bonchev–Trinajstić information content (AvgIpc) is 3.28. The summed E-state index contributed by atoms with van der Waals surface area (Å²) in [6.45, 7) is 2.04. The van der Waals surface area contributed by atoms with Crippen LogP contribution >= 0.6 is 23.1 Å². The van der Waals surface area contributed by atoms with E-state index in [2.05, 4.69) is 5.32 Å². The molecule has 128 valence electrons. The first-order valence-corrected chi connectivity index (χ1v) is 9.36. The van der Waals surface area contributed by atoms with Crippen molar-refractivity contribution in [3.63, 3.8) is 0 Å². The summed E-state index contributed by atoms with van der Waals surface area (Å²) in [6, 6.07) is 13.9. The molecular formula is C18H15NO4S2. The molecule has 0 saturated heterocycles. The third-order valence-corrected chi connectivity index (χ3v) is 5.06. The van der Waals surface area contributed by atoms with Crippen LogP contribution in [0.3, 0.4) is 0 Å². The molecule has 7 heteroatoms. The molecule has 1 N–H and O–H groups in total. The topological polar surface area (TPSA) is 68.5 Å². The van der Waals surface area contributed by atoms with E-state index in [1.165, 1.54) is 6.26 Å². The number of hydrogen-bond acceptors (Lipinski definition) is 6. The van der Waals surface area contributed by atoms with Gasteiger partial charge in [0.2, 0.25) is 0 Å². The molecule has 0 bridgehead atoms. The second-order valence-electron chi connectivity index (χ2n) is 4.86. The molecule has 0 aliphatic heterocycles. The van der Waals surface area contributed by atoms with Crippen molar-refractivity contribution in [2.24, 2.45) is 0 Å². The zero-order chi connectivity index (χ0) is 17.6. The second-order valence-corrected chi connectivity index (χ2v) is 7.25. The summed E-state index contributed by atoms with van der Waals surface area (Å²) in [4.78, 5) is 25.6. The van der Waals surface area contributed by atoms with E-state index >= 15 is 0 Å². The van der Waals surface area contributed by atoms with Gasteiger partial charge in [-0.25, -0.2) is 4.79 Å².